The molecule has 0 radical (unpaired) electrons. The van der Waals surface area contributed by atoms with Crippen LogP contribution in [0.4, 0.5) is 5.69 Å². The zero-order valence-corrected chi connectivity index (χ0v) is 10.4. The van der Waals surface area contributed by atoms with Crippen LogP contribution in [0.3, 0.4) is 0 Å². The molecular weight excluding hydrogens is 284 g/mol. The van der Waals surface area contributed by atoms with Gasteiger partial charge in [-0.3, -0.25) is 4.72 Å². The van der Waals surface area contributed by atoms with Crippen LogP contribution >= 0.6 is 15.9 Å². The number of aromatic hydroxyl groups is 1. The van der Waals surface area contributed by atoms with Crippen molar-refractivity contribution >= 4 is 31.8 Å². The van der Waals surface area contributed by atoms with Crippen LogP contribution in [-0.4, -0.2) is 20.1 Å². The Bertz CT molecular complexity index is 447. The number of hydrogen-bond donors (Lipinski definition) is 3. The highest BCUT2D eigenvalue weighted by Gasteiger charge is 2.12. The first-order valence-corrected chi connectivity index (χ1v) is 6.49. The third-order valence-electron chi connectivity index (χ3n) is 1.57. The Morgan fingerprint density at radius 2 is 2.13 bits per heavy atom. The summed E-state index contributed by atoms with van der Waals surface area (Å²) in [6.07, 6.45) is 0. The summed E-state index contributed by atoms with van der Waals surface area (Å²) < 4.78 is 27.5. The van der Waals surface area contributed by atoms with Gasteiger partial charge in [0.05, 0.1) is 10.2 Å². The molecule has 0 aliphatic carbocycles. The van der Waals surface area contributed by atoms with Gasteiger partial charge in [0.2, 0.25) is 0 Å². The van der Waals surface area contributed by atoms with Gasteiger partial charge in [0.15, 0.2) is 5.75 Å². The molecule has 0 aliphatic rings. The highest BCUT2D eigenvalue weighted by molar-refractivity contribution is 9.10. The van der Waals surface area contributed by atoms with Crippen LogP contribution in [-0.2, 0) is 10.2 Å². The molecule has 0 heterocycles. The minimum Gasteiger partial charge on any atom is -0.505 e. The zero-order valence-electron chi connectivity index (χ0n) is 7.99. The van der Waals surface area contributed by atoms with Crippen molar-refractivity contribution in [2.24, 2.45) is 0 Å². The molecule has 0 atom stereocenters. The van der Waals surface area contributed by atoms with Crippen molar-refractivity contribution in [2.45, 2.75) is 6.92 Å². The number of para-hydroxylation sites is 1. The fourth-order valence-electron chi connectivity index (χ4n) is 0.969. The van der Waals surface area contributed by atoms with Crippen LogP contribution in [0.15, 0.2) is 22.7 Å². The molecule has 0 aromatic heterocycles. The molecule has 0 unspecified atom stereocenters. The molecule has 0 fully saturated rings. The molecule has 0 saturated heterocycles. The molecule has 1 aromatic carbocycles. The monoisotopic (exact) mass is 294 g/mol. The van der Waals surface area contributed by atoms with Crippen LogP contribution in [0.2, 0.25) is 0 Å². The van der Waals surface area contributed by atoms with Gasteiger partial charge < -0.3 is 5.11 Å². The van der Waals surface area contributed by atoms with Crippen LogP contribution < -0.4 is 9.44 Å². The highest BCUT2D eigenvalue weighted by Crippen LogP contribution is 2.31. The van der Waals surface area contributed by atoms with Gasteiger partial charge in [-0.2, -0.15) is 13.1 Å². The Labute approximate surface area is 96.8 Å². The standard InChI is InChI=1S/C8H11BrN2O3S/c1-2-10-15(13,14)11-7-5-3-4-6(9)8(7)12/h3-5,10-12H,2H2,1H3. The Kier molecular flexibility index (Phi) is 3.95. The van der Waals surface area contributed by atoms with E-state index in [-0.39, 0.29) is 18.0 Å². The average Bonchev–Trinajstić information content (AvgIpc) is 2.12. The first-order valence-electron chi connectivity index (χ1n) is 4.21. The van der Waals surface area contributed by atoms with Crippen molar-refractivity contribution in [2.75, 3.05) is 11.3 Å². The van der Waals surface area contributed by atoms with Gasteiger partial charge in [-0.15, -0.1) is 0 Å². The van der Waals surface area contributed by atoms with Gasteiger partial charge in [-0.1, -0.05) is 13.0 Å². The lowest BCUT2D eigenvalue weighted by Crippen LogP contribution is -2.29. The lowest BCUT2D eigenvalue weighted by molar-refractivity contribution is 0.474. The number of rotatable bonds is 4. The molecule has 15 heavy (non-hydrogen) atoms. The van der Waals surface area contributed by atoms with Gasteiger partial charge in [0.1, 0.15) is 0 Å². The van der Waals surface area contributed by atoms with E-state index in [9.17, 15) is 13.5 Å². The van der Waals surface area contributed by atoms with E-state index >= 15 is 0 Å². The number of anilines is 1. The van der Waals surface area contributed by atoms with E-state index in [2.05, 4.69) is 25.4 Å². The van der Waals surface area contributed by atoms with Crippen LogP contribution in [0.5, 0.6) is 5.75 Å². The number of phenols is 1. The number of halogens is 1. The Morgan fingerprint density at radius 3 is 2.73 bits per heavy atom. The smallest absolute Gasteiger partial charge is 0.299 e. The number of nitrogens with one attached hydrogen (secondary N) is 2. The molecule has 0 saturated carbocycles. The average molecular weight is 295 g/mol. The molecule has 84 valence electrons. The molecule has 1 aromatic rings. The van der Waals surface area contributed by atoms with Gasteiger partial charge in [-0.05, 0) is 28.1 Å². The van der Waals surface area contributed by atoms with Gasteiger partial charge in [-0.25, -0.2) is 0 Å². The van der Waals surface area contributed by atoms with Crippen molar-refractivity contribution in [1.29, 1.82) is 0 Å². The van der Waals surface area contributed by atoms with E-state index < -0.39 is 10.2 Å². The Hall–Kier alpha value is -0.790. The summed E-state index contributed by atoms with van der Waals surface area (Å²) in [5, 5.41) is 9.53. The third-order valence-corrected chi connectivity index (χ3v) is 3.36. The molecule has 3 N–H and O–H groups in total. The van der Waals surface area contributed by atoms with Gasteiger partial charge >= 0.3 is 0 Å². The highest BCUT2D eigenvalue weighted by atomic mass is 79.9. The molecule has 0 aliphatic heterocycles. The van der Waals surface area contributed by atoms with Crippen molar-refractivity contribution < 1.29 is 13.5 Å². The van der Waals surface area contributed by atoms with Crippen molar-refractivity contribution in [3.63, 3.8) is 0 Å². The summed E-state index contributed by atoms with van der Waals surface area (Å²) in [6, 6.07) is 4.70. The number of benzene rings is 1. The fraction of sp³-hybridized carbons (Fsp3) is 0.250. The van der Waals surface area contributed by atoms with E-state index in [0.29, 0.717) is 4.47 Å². The molecule has 5 nitrogen and oxygen atoms in total. The molecule has 1 rings (SSSR count). The van der Waals surface area contributed by atoms with E-state index in [0.717, 1.165) is 0 Å². The van der Waals surface area contributed by atoms with Gasteiger partial charge in [0, 0.05) is 6.54 Å². The van der Waals surface area contributed by atoms with E-state index in [1.54, 1.807) is 19.1 Å². The van der Waals surface area contributed by atoms with E-state index in [1.807, 2.05) is 0 Å². The molecule has 7 heteroatoms. The number of hydrogen-bond acceptors (Lipinski definition) is 3. The van der Waals surface area contributed by atoms with Crippen LogP contribution in [0.1, 0.15) is 6.92 Å². The maximum absolute atomic E-state index is 11.3. The first kappa shape index (κ1) is 12.3. The summed E-state index contributed by atoms with van der Waals surface area (Å²) >= 11 is 3.09. The first-order chi connectivity index (χ1) is 6.96. The van der Waals surface area contributed by atoms with Gasteiger partial charge in [0.25, 0.3) is 10.2 Å². The summed E-state index contributed by atoms with van der Waals surface area (Å²) in [5.41, 5.74) is 0.130. The molecule has 0 amide bonds. The van der Waals surface area contributed by atoms with Crippen molar-refractivity contribution in [1.82, 2.24) is 4.72 Å². The van der Waals surface area contributed by atoms with Crippen LogP contribution in [0.25, 0.3) is 0 Å². The largest absolute Gasteiger partial charge is 0.505 e. The van der Waals surface area contributed by atoms with Crippen molar-refractivity contribution in [3.05, 3.63) is 22.7 Å². The zero-order chi connectivity index (χ0) is 11.5. The van der Waals surface area contributed by atoms with E-state index in [1.165, 1.54) is 6.07 Å². The second-order valence-corrected chi connectivity index (χ2v) is 5.09. The second-order valence-electron chi connectivity index (χ2n) is 2.74. The predicted molar refractivity (Wildman–Crippen MR) is 62.0 cm³/mol. The SMILES string of the molecule is CCNS(=O)(=O)Nc1cccc(Br)c1O. The maximum Gasteiger partial charge on any atom is 0.299 e. The molecular formula is C8H11BrN2O3S. The lowest BCUT2D eigenvalue weighted by Gasteiger charge is -2.09. The quantitative estimate of drug-likeness (QED) is 0.735. The minimum atomic E-state index is -3.60. The Morgan fingerprint density at radius 1 is 1.47 bits per heavy atom. The Balaban J connectivity index is 2.95. The summed E-state index contributed by atoms with van der Waals surface area (Å²) in [5.74, 6) is -0.140. The molecule has 0 bridgehead atoms. The fourth-order valence-corrected chi connectivity index (χ4v) is 2.24. The predicted octanol–water partition coefficient (Wildman–Crippen LogP) is 1.42. The topological polar surface area (TPSA) is 78.4 Å². The normalized spacial score (nSPS) is 11.3. The third kappa shape index (κ3) is 3.37. The summed E-state index contributed by atoms with van der Waals surface area (Å²) in [6.45, 7) is 1.95. The lowest BCUT2D eigenvalue weighted by atomic mass is 10.3. The number of phenolic OH excluding ortho intramolecular Hbond substituents is 1. The van der Waals surface area contributed by atoms with Crippen LogP contribution in [0, 0.1) is 0 Å². The summed E-state index contributed by atoms with van der Waals surface area (Å²) in [4.78, 5) is 0. The maximum atomic E-state index is 11.3. The van der Waals surface area contributed by atoms with Crippen molar-refractivity contribution in [3.8, 4) is 5.75 Å². The van der Waals surface area contributed by atoms with E-state index in [4.69, 9.17) is 0 Å². The summed E-state index contributed by atoms with van der Waals surface area (Å²) in [7, 11) is -3.60. The molecule has 0 spiro atoms. The second kappa shape index (κ2) is 4.82. The minimum absolute atomic E-state index is 0.130.